The number of anilines is 1. The SMILES string of the molecule is COC(=O)N1CCCc2cccc(O)c21. The number of aryl methyl sites for hydroxylation is 1. The number of carbonyl (C=O) groups is 1. The van der Waals surface area contributed by atoms with Crippen LogP contribution in [-0.4, -0.2) is 24.9 Å². The van der Waals surface area contributed by atoms with Gasteiger partial charge in [0, 0.05) is 6.54 Å². The van der Waals surface area contributed by atoms with Gasteiger partial charge in [0.15, 0.2) is 0 Å². The van der Waals surface area contributed by atoms with Crippen molar-refractivity contribution in [2.24, 2.45) is 0 Å². The Bertz CT molecular complexity index is 389. The highest BCUT2D eigenvalue weighted by atomic mass is 16.5. The molecule has 0 radical (unpaired) electrons. The lowest BCUT2D eigenvalue weighted by Gasteiger charge is -2.28. The number of hydrogen-bond donors (Lipinski definition) is 1. The highest BCUT2D eigenvalue weighted by Gasteiger charge is 2.25. The molecule has 1 heterocycles. The quantitative estimate of drug-likeness (QED) is 0.707. The van der Waals surface area contributed by atoms with Gasteiger partial charge in [-0.2, -0.15) is 0 Å². The lowest BCUT2D eigenvalue weighted by atomic mass is 10.0. The Hall–Kier alpha value is -1.71. The van der Waals surface area contributed by atoms with E-state index >= 15 is 0 Å². The first-order valence-corrected chi connectivity index (χ1v) is 4.90. The van der Waals surface area contributed by atoms with Crippen LogP contribution in [0.3, 0.4) is 0 Å². The number of nitrogens with zero attached hydrogens (tertiary/aromatic N) is 1. The molecule has 0 aliphatic carbocycles. The van der Waals surface area contributed by atoms with Gasteiger partial charge < -0.3 is 9.84 Å². The largest absolute Gasteiger partial charge is 0.506 e. The Kier molecular flexibility index (Phi) is 2.49. The summed E-state index contributed by atoms with van der Waals surface area (Å²) in [4.78, 5) is 13.0. The molecule has 1 aromatic carbocycles. The van der Waals surface area contributed by atoms with Crippen molar-refractivity contribution in [3.8, 4) is 5.75 Å². The van der Waals surface area contributed by atoms with Crippen LogP contribution in [0.1, 0.15) is 12.0 Å². The standard InChI is InChI=1S/C11H13NO3/c1-15-11(14)12-7-3-5-8-4-2-6-9(13)10(8)12/h2,4,6,13H,3,5,7H2,1H3. The van der Waals surface area contributed by atoms with Crippen LogP contribution in [0, 0.1) is 0 Å². The monoisotopic (exact) mass is 207 g/mol. The summed E-state index contributed by atoms with van der Waals surface area (Å²) < 4.78 is 4.68. The topological polar surface area (TPSA) is 49.8 Å². The van der Waals surface area contributed by atoms with E-state index in [1.54, 1.807) is 12.1 Å². The van der Waals surface area contributed by atoms with Gasteiger partial charge in [-0.05, 0) is 24.5 Å². The fourth-order valence-corrected chi connectivity index (χ4v) is 1.92. The van der Waals surface area contributed by atoms with Crippen molar-refractivity contribution in [3.63, 3.8) is 0 Å². The molecule has 0 fully saturated rings. The number of para-hydroxylation sites is 1. The van der Waals surface area contributed by atoms with E-state index in [0.717, 1.165) is 18.4 Å². The van der Waals surface area contributed by atoms with Crippen LogP contribution >= 0.6 is 0 Å². The van der Waals surface area contributed by atoms with Crippen LogP contribution in [0.15, 0.2) is 18.2 Å². The molecule has 0 spiro atoms. The lowest BCUT2D eigenvalue weighted by molar-refractivity contribution is 0.178. The van der Waals surface area contributed by atoms with Crippen molar-refractivity contribution in [3.05, 3.63) is 23.8 Å². The molecule has 1 amide bonds. The first-order valence-electron chi connectivity index (χ1n) is 4.90. The summed E-state index contributed by atoms with van der Waals surface area (Å²) in [6, 6.07) is 5.29. The molecule has 2 rings (SSSR count). The second-order valence-electron chi connectivity index (χ2n) is 3.51. The molecular weight excluding hydrogens is 194 g/mol. The van der Waals surface area contributed by atoms with E-state index in [1.807, 2.05) is 6.07 Å². The summed E-state index contributed by atoms with van der Waals surface area (Å²) in [5.74, 6) is 0.137. The predicted molar refractivity (Wildman–Crippen MR) is 56.2 cm³/mol. The minimum absolute atomic E-state index is 0.137. The number of phenolic OH excluding ortho intramolecular Hbond substituents is 1. The fraction of sp³-hybridized carbons (Fsp3) is 0.364. The van der Waals surface area contributed by atoms with E-state index in [4.69, 9.17) is 0 Å². The Balaban J connectivity index is 2.45. The van der Waals surface area contributed by atoms with E-state index in [2.05, 4.69) is 4.74 Å². The highest BCUT2D eigenvalue weighted by Crippen LogP contribution is 2.35. The number of methoxy groups -OCH3 is 1. The molecule has 1 aliphatic heterocycles. The van der Waals surface area contributed by atoms with Gasteiger partial charge in [-0.15, -0.1) is 0 Å². The first kappa shape index (κ1) is 9.83. The number of hydrogen-bond acceptors (Lipinski definition) is 3. The molecule has 0 unspecified atom stereocenters. The Morgan fingerprint density at radius 1 is 1.53 bits per heavy atom. The molecule has 0 aromatic heterocycles. The number of ether oxygens (including phenoxy) is 1. The number of aromatic hydroxyl groups is 1. The number of fused-ring (bicyclic) bond motifs is 1. The minimum atomic E-state index is -0.419. The second kappa shape index (κ2) is 3.81. The van der Waals surface area contributed by atoms with Gasteiger partial charge in [0.25, 0.3) is 0 Å². The molecule has 0 atom stereocenters. The van der Waals surface area contributed by atoms with Gasteiger partial charge in [-0.1, -0.05) is 12.1 Å². The molecular formula is C11H13NO3. The van der Waals surface area contributed by atoms with Crippen molar-refractivity contribution in [1.29, 1.82) is 0 Å². The Morgan fingerprint density at radius 2 is 2.33 bits per heavy atom. The summed E-state index contributed by atoms with van der Waals surface area (Å²) in [7, 11) is 1.34. The first-order chi connectivity index (χ1) is 7.24. The van der Waals surface area contributed by atoms with Crippen LogP contribution in [0.2, 0.25) is 0 Å². The van der Waals surface area contributed by atoms with Crippen LogP contribution < -0.4 is 4.90 Å². The molecule has 4 heteroatoms. The molecule has 1 aromatic rings. The van der Waals surface area contributed by atoms with Crippen LogP contribution in [0.25, 0.3) is 0 Å². The summed E-state index contributed by atoms with van der Waals surface area (Å²) in [5.41, 5.74) is 1.59. The minimum Gasteiger partial charge on any atom is -0.506 e. The third kappa shape index (κ3) is 1.63. The van der Waals surface area contributed by atoms with Crippen molar-refractivity contribution >= 4 is 11.8 Å². The average Bonchev–Trinajstić information content (AvgIpc) is 2.28. The molecule has 0 bridgehead atoms. The van der Waals surface area contributed by atoms with Crippen molar-refractivity contribution in [2.75, 3.05) is 18.6 Å². The van der Waals surface area contributed by atoms with Gasteiger partial charge in [0.2, 0.25) is 0 Å². The molecule has 1 aliphatic rings. The zero-order valence-corrected chi connectivity index (χ0v) is 8.56. The molecule has 0 saturated heterocycles. The van der Waals surface area contributed by atoms with Gasteiger partial charge in [0.1, 0.15) is 5.75 Å². The van der Waals surface area contributed by atoms with E-state index in [-0.39, 0.29) is 5.75 Å². The van der Waals surface area contributed by atoms with Gasteiger partial charge in [0.05, 0.1) is 12.8 Å². The van der Waals surface area contributed by atoms with E-state index in [1.165, 1.54) is 12.0 Å². The predicted octanol–water partition coefficient (Wildman–Crippen LogP) is 1.91. The van der Waals surface area contributed by atoms with E-state index < -0.39 is 6.09 Å². The smallest absolute Gasteiger partial charge is 0.414 e. The zero-order chi connectivity index (χ0) is 10.8. The molecule has 1 N–H and O–H groups in total. The fourth-order valence-electron chi connectivity index (χ4n) is 1.92. The molecule has 4 nitrogen and oxygen atoms in total. The Morgan fingerprint density at radius 3 is 3.07 bits per heavy atom. The lowest BCUT2D eigenvalue weighted by Crippen LogP contribution is -2.35. The number of rotatable bonds is 0. The van der Waals surface area contributed by atoms with Crippen LogP contribution in [-0.2, 0) is 11.2 Å². The third-order valence-corrected chi connectivity index (χ3v) is 2.59. The number of phenols is 1. The molecule has 0 saturated carbocycles. The summed E-state index contributed by atoms with van der Waals surface area (Å²) in [5, 5.41) is 9.72. The van der Waals surface area contributed by atoms with Crippen molar-refractivity contribution in [1.82, 2.24) is 0 Å². The maximum Gasteiger partial charge on any atom is 0.414 e. The van der Waals surface area contributed by atoms with Crippen LogP contribution in [0.4, 0.5) is 10.5 Å². The normalized spacial score (nSPS) is 14.6. The maximum absolute atomic E-state index is 11.5. The van der Waals surface area contributed by atoms with Crippen molar-refractivity contribution in [2.45, 2.75) is 12.8 Å². The van der Waals surface area contributed by atoms with Gasteiger partial charge >= 0.3 is 6.09 Å². The second-order valence-corrected chi connectivity index (χ2v) is 3.51. The van der Waals surface area contributed by atoms with Crippen molar-refractivity contribution < 1.29 is 14.6 Å². The van der Waals surface area contributed by atoms with E-state index in [0.29, 0.717) is 12.2 Å². The number of benzene rings is 1. The van der Waals surface area contributed by atoms with Gasteiger partial charge in [-0.25, -0.2) is 4.79 Å². The van der Waals surface area contributed by atoms with Gasteiger partial charge in [-0.3, -0.25) is 4.90 Å². The highest BCUT2D eigenvalue weighted by molar-refractivity contribution is 5.91. The summed E-state index contributed by atoms with van der Waals surface area (Å²) in [6.45, 7) is 0.594. The summed E-state index contributed by atoms with van der Waals surface area (Å²) in [6.07, 6.45) is 1.36. The molecule has 15 heavy (non-hydrogen) atoms. The third-order valence-electron chi connectivity index (χ3n) is 2.59. The number of amides is 1. The van der Waals surface area contributed by atoms with Crippen LogP contribution in [0.5, 0.6) is 5.75 Å². The summed E-state index contributed by atoms with van der Waals surface area (Å²) >= 11 is 0. The van der Waals surface area contributed by atoms with E-state index in [9.17, 15) is 9.90 Å². The molecule has 80 valence electrons. The number of carbonyl (C=O) groups excluding carboxylic acids is 1. The average molecular weight is 207 g/mol. The maximum atomic E-state index is 11.5. The Labute approximate surface area is 88.1 Å². The zero-order valence-electron chi connectivity index (χ0n) is 8.56.